The number of ether oxygens (including phenoxy) is 1. The summed E-state index contributed by atoms with van der Waals surface area (Å²) < 4.78 is 18.9. The van der Waals surface area contributed by atoms with Gasteiger partial charge in [0.2, 0.25) is 0 Å². The van der Waals surface area contributed by atoms with Crippen LogP contribution in [0.3, 0.4) is 0 Å². The summed E-state index contributed by atoms with van der Waals surface area (Å²) in [6, 6.07) is 3.87. The molecule has 1 fully saturated rings. The second-order valence-electron chi connectivity index (χ2n) is 5.25. The van der Waals surface area contributed by atoms with Gasteiger partial charge >= 0.3 is 5.97 Å². The quantitative estimate of drug-likeness (QED) is 0.928. The Morgan fingerprint density at radius 1 is 1.43 bits per heavy atom. The van der Waals surface area contributed by atoms with Crippen LogP contribution >= 0.6 is 0 Å². The van der Waals surface area contributed by atoms with Gasteiger partial charge in [-0.2, -0.15) is 0 Å². The number of nitrogens with zero attached hydrogens (tertiary/aromatic N) is 1. The van der Waals surface area contributed by atoms with E-state index >= 15 is 0 Å². The van der Waals surface area contributed by atoms with Crippen LogP contribution in [-0.4, -0.2) is 41.6 Å². The van der Waals surface area contributed by atoms with Crippen molar-refractivity contribution >= 4 is 11.9 Å². The lowest BCUT2D eigenvalue weighted by atomic mass is 9.91. The first-order valence-corrected chi connectivity index (χ1v) is 6.81. The van der Waals surface area contributed by atoms with Crippen molar-refractivity contribution in [2.75, 3.05) is 13.7 Å². The third-order valence-electron chi connectivity index (χ3n) is 3.89. The SMILES string of the molecule is COc1ccc(C(=O)N2CCC(C(=O)O)CC2C)c(F)c1. The number of carboxylic acids is 1. The molecule has 1 aromatic rings. The lowest BCUT2D eigenvalue weighted by Gasteiger charge is -2.36. The van der Waals surface area contributed by atoms with Gasteiger partial charge in [0.15, 0.2) is 0 Å². The Morgan fingerprint density at radius 2 is 2.14 bits per heavy atom. The molecule has 114 valence electrons. The molecule has 5 nitrogen and oxygen atoms in total. The fraction of sp³-hybridized carbons (Fsp3) is 0.467. The lowest BCUT2D eigenvalue weighted by Crippen LogP contribution is -2.46. The van der Waals surface area contributed by atoms with Crippen molar-refractivity contribution in [1.82, 2.24) is 4.90 Å². The highest BCUT2D eigenvalue weighted by molar-refractivity contribution is 5.95. The Hall–Kier alpha value is -2.11. The van der Waals surface area contributed by atoms with E-state index in [4.69, 9.17) is 9.84 Å². The molecule has 1 aromatic carbocycles. The van der Waals surface area contributed by atoms with Crippen LogP contribution in [-0.2, 0) is 4.79 Å². The molecule has 0 radical (unpaired) electrons. The molecule has 0 aromatic heterocycles. The number of likely N-dealkylation sites (tertiary alicyclic amines) is 1. The van der Waals surface area contributed by atoms with E-state index in [0.717, 1.165) is 0 Å². The van der Waals surface area contributed by atoms with Crippen molar-refractivity contribution in [1.29, 1.82) is 0 Å². The number of carbonyl (C=O) groups excluding carboxylic acids is 1. The standard InChI is InChI=1S/C15H18FNO4/c1-9-7-10(15(19)20)5-6-17(9)14(18)12-4-3-11(21-2)8-13(12)16/h3-4,8-10H,5-7H2,1-2H3,(H,19,20). The van der Waals surface area contributed by atoms with Crippen LogP contribution in [0.4, 0.5) is 4.39 Å². The summed E-state index contributed by atoms with van der Waals surface area (Å²) in [4.78, 5) is 24.9. The predicted octanol–water partition coefficient (Wildman–Crippen LogP) is 2.16. The molecule has 2 unspecified atom stereocenters. The van der Waals surface area contributed by atoms with Crippen molar-refractivity contribution in [3.05, 3.63) is 29.6 Å². The third-order valence-corrected chi connectivity index (χ3v) is 3.89. The summed E-state index contributed by atoms with van der Waals surface area (Å²) in [7, 11) is 1.43. The van der Waals surface area contributed by atoms with Crippen LogP contribution in [0, 0.1) is 11.7 Å². The van der Waals surface area contributed by atoms with Crippen LogP contribution < -0.4 is 4.74 Å². The van der Waals surface area contributed by atoms with E-state index in [1.165, 1.54) is 30.2 Å². The number of amides is 1. The van der Waals surface area contributed by atoms with Crippen molar-refractivity contribution < 1.29 is 23.8 Å². The normalized spacial score (nSPS) is 22.0. The number of carbonyl (C=O) groups is 2. The van der Waals surface area contributed by atoms with E-state index < -0.39 is 23.6 Å². The topological polar surface area (TPSA) is 66.8 Å². The monoisotopic (exact) mass is 295 g/mol. The summed E-state index contributed by atoms with van der Waals surface area (Å²) in [6.07, 6.45) is 0.780. The van der Waals surface area contributed by atoms with Gasteiger partial charge in [0, 0.05) is 18.7 Å². The first kappa shape index (κ1) is 15.3. The number of methoxy groups -OCH3 is 1. The molecule has 0 spiro atoms. The number of carboxylic acid groups (broad SMARTS) is 1. The maximum absolute atomic E-state index is 14.0. The highest BCUT2D eigenvalue weighted by atomic mass is 19.1. The molecule has 1 saturated heterocycles. The zero-order chi connectivity index (χ0) is 15.6. The Balaban J connectivity index is 2.15. The zero-order valence-electron chi connectivity index (χ0n) is 12.0. The highest BCUT2D eigenvalue weighted by Crippen LogP contribution is 2.26. The molecule has 1 aliphatic heterocycles. The van der Waals surface area contributed by atoms with Gasteiger partial charge in [0.1, 0.15) is 11.6 Å². The Bertz CT molecular complexity index is 561. The van der Waals surface area contributed by atoms with Crippen molar-refractivity contribution in [2.45, 2.75) is 25.8 Å². The molecular weight excluding hydrogens is 277 g/mol. The van der Waals surface area contributed by atoms with Crippen LogP contribution in [0.15, 0.2) is 18.2 Å². The van der Waals surface area contributed by atoms with Gasteiger partial charge in [-0.3, -0.25) is 9.59 Å². The first-order valence-electron chi connectivity index (χ1n) is 6.81. The van der Waals surface area contributed by atoms with E-state index in [-0.39, 0.29) is 11.6 Å². The van der Waals surface area contributed by atoms with Crippen LogP contribution in [0.2, 0.25) is 0 Å². The minimum atomic E-state index is -0.843. The maximum Gasteiger partial charge on any atom is 0.306 e. The van der Waals surface area contributed by atoms with Gasteiger partial charge in [0.05, 0.1) is 18.6 Å². The van der Waals surface area contributed by atoms with Gasteiger partial charge in [-0.25, -0.2) is 4.39 Å². The third kappa shape index (κ3) is 3.15. The average Bonchev–Trinajstić information content (AvgIpc) is 2.46. The molecule has 0 bridgehead atoms. The summed E-state index contributed by atoms with van der Waals surface area (Å²) in [5, 5.41) is 9.02. The van der Waals surface area contributed by atoms with Crippen molar-refractivity contribution in [3.8, 4) is 5.75 Å². The predicted molar refractivity (Wildman–Crippen MR) is 73.8 cm³/mol. The first-order chi connectivity index (χ1) is 9.93. The van der Waals surface area contributed by atoms with Crippen LogP contribution in [0.5, 0.6) is 5.75 Å². The number of hydrogen-bond acceptors (Lipinski definition) is 3. The molecule has 0 aliphatic carbocycles. The van der Waals surface area contributed by atoms with Gasteiger partial charge < -0.3 is 14.7 Å². The molecule has 2 rings (SSSR count). The van der Waals surface area contributed by atoms with Gasteiger partial charge in [-0.15, -0.1) is 0 Å². The number of rotatable bonds is 3. The molecule has 0 saturated carbocycles. The Kier molecular flexibility index (Phi) is 4.45. The highest BCUT2D eigenvalue weighted by Gasteiger charge is 2.33. The Morgan fingerprint density at radius 3 is 2.67 bits per heavy atom. The van der Waals surface area contributed by atoms with E-state index in [9.17, 15) is 14.0 Å². The summed E-state index contributed by atoms with van der Waals surface area (Å²) in [5.41, 5.74) is -0.0172. The smallest absolute Gasteiger partial charge is 0.306 e. The number of piperidine rings is 1. The second kappa shape index (κ2) is 6.11. The van der Waals surface area contributed by atoms with E-state index in [1.54, 1.807) is 6.92 Å². The summed E-state index contributed by atoms with van der Waals surface area (Å²) in [5.74, 6) is -1.98. The van der Waals surface area contributed by atoms with E-state index in [2.05, 4.69) is 0 Å². The lowest BCUT2D eigenvalue weighted by molar-refractivity contribution is -0.143. The number of benzene rings is 1. The minimum Gasteiger partial charge on any atom is -0.497 e. The van der Waals surface area contributed by atoms with Crippen LogP contribution in [0.1, 0.15) is 30.1 Å². The fourth-order valence-corrected chi connectivity index (χ4v) is 2.65. The van der Waals surface area contributed by atoms with Gasteiger partial charge in [0.25, 0.3) is 5.91 Å². The second-order valence-corrected chi connectivity index (χ2v) is 5.25. The summed E-state index contributed by atoms with van der Waals surface area (Å²) in [6.45, 7) is 2.11. The molecule has 1 N–H and O–H groups in total. The zero-order valence-corrected chi connectivity index (χ0v) is 12.0. The molecule has 1 aliphatic rings. The van der Waals surface area contributed by atoms with E-state index in [1.807, 2.05) is 0 Å². The number of aliphatic carboxylic acids is 1. The van der Waals surface area contributed by atoms with Gasteiger partial charge in [-0.1, -0.05) is 0 Å². The molecule has 21 heavy (non-hydrogen) atoms. The minimum absolute atomic E-state index is 0.0172. The van der Waals surface area contributed by atoms with Crippen molar-refractivity contribution in [2.24, 2.45) is 5.92 Å². The molecule has 2 atom stereocenters. The van der Waals surface area contributed by atoms with Crippen molar-refractivity contribution in [3.63, 3.8) is 0 Å². The number of hydrogen-bond donors (Lipinski definition) is 1. The van der Waals surface area contributed by atoms with Crippen LogP contribution in [0.25, 0.3) is 0 Å². The largest absolute Gasteiger partial charge is 0.497 e. The fourth-order valence-electron chi connectivity index (χ4n) is 2.65. The molecule has 1 heterocycles. The Labute approximate surface area is 122 Å². The summed E-state index contributed by atoms with van der Waals surface area (Å²) >= 11 is 0. The average molecular weight is 295 g/mol. The molecule has 6 heteroatoms. The molecule has 1 amide bonds. The molecular formula is C15H18FNO4. The number of halogens is 1. The van der Waals surface area contributed by atoms with Gasteiger partial charge in [-0.05, 0) is 31.9 Å². The maximum atomic E-state index is 14.0. The van der Waals surface area contributed by atoms with E-state index in [0.29, 0.717) is 25.1 Å².